The number of carbonyl (C=O) groups is 1. The lowest BCUT2D eigenvalue weighted by Gasteiger charge is -2.06. The fraction of sp³-hybridized carbons (Fsp3) is 0.211. The van der Waals surface area contributed by atoms with Crippen LogP contribution >= 0.6 is 0 Å². The van der Waals surface area contributed by atoms with E-state index in [9.17, 15) is 9.18 Å². The summed E-state index contributed by atoms with van der Waals surface area (Å²) in [6.07, 6.45) is 2.06. The molecule has 2 aromatic carbocycles. The average molecular weight is 327 g/mol. The van der Waals surface area contributed by atoms with Crippen molar-refractivity contribution >= 4 is 16.9 Å². The molecule has 1 heterocycles. The molecule has 0 N–H and O–H groups in total. The van der Waals surface area contributed by atoms with Crippen LogP contribution in [0.4, 0.5) is 4.39 Å². The number of hydrogen-bond acceptors (Lipinski definition) is 3. The van der Waals surface area contributed by atoms with Gasteiger partial charge in [0.25, 0.3) is 0 Å². The number of halogens is 1. The molecular formula is C19H18FNO3. The van der Waals surface area contributed by atoms with Gasteiger partial charge in [-0.1, -0.05) is 0 Å². The molecule has 0 spiro atoms. The molecule has 1 aromatic heterocycles. The van der Waals surface area contributed by atoms with Crippen LogP contribution in [-0.2, 0) is 16.0 Å². The van der Waals surface area contributed by atoms with Crippen LogP contribution < -0.4 is 4.74 Å². The van der Waals surface area contributed by atoms with Gasteiger partial charge in [0.15, 0.2) is 0 Å². The molecule has 0 amide bonds. The van der Waals surface area contributed by atoms with Gasteiger partial charge in [0, 0.05) is 17.3 Å². The number of rotatable bonds is 5. The van der Waals surface area contributed by atoms with Gasteiger partial charge in [0.2, 0.25) is 0 Å². The smallest absolute Gasteiger partial charge is 0.310 e. The van der Waals surface area contributed by atoms with Crippen molar-refractivity contribution in [1.82, 2.24) is 4.57 Å². The van der Waals surface area contributed by atoms with Crippen molar-refractivity contribution in [3.8, 4) is 11.4 Å². The van der Waals surface area contributed by atoms with Crippen LogP contribution in [0.1, 0.15) is 12.5 Å². The van der Waals surface area contributed by atoms with E-state index < -0.39 is 0 Å². The number of aromatic nitrogens is 1. The van der Waals surface area contributed by atoms with Crippen LogP contribution in [0.5, 0.6) is 5.75 Å². The molecule has 0 saturated carbocycles. The minimum absolute atomic E-state index is 0.172. The molecule has 0 unspecified atom stereocenters. The highest BCUT2D eigenvalue weighted by molar-refractivity contribution is 5.90. The Labute approximate surface area is 139 Å². The van der Waals surface area contributed by atoms with E-state index in [2.05, 4.69) is 0 Å². The monoisotopic (exact) mass is 327 g/mol. The fourth-order valence-electron chi connectivity index (χ4n) is 2.73. The van der Waals surface area contributed by atoms with E-state index in [-0.39, 0.29) is 18.2 Å². The summed E-state index contributed by atoms with van der Waals surface area (Å²) in [5.41, 5.74) is 2.58. The van der Waals surface area contributed by atoms with Crippen LogP contribution in [0, 0.1) is 5.82 Å². The molecule has 3 aromatic rings. The third-order valence-corrected chi connectivity index (χ3v) is 3.84. The lowest BCUT2D eigenvalue weighted by Crippen LogP contribution is -2.07. The van der Waals surface area contributed by atoms with Gasteiger partial charge in [0.05, 0.1) is 25.7 Å². The minimum atomic E-state index is -0.288. The summed E-state index contributed by atoms with van der Waals surface area (Å²) in [5.74, 6) is 0.145. The third kappa shape index (κ3) is 3.11. The van der Waals surface area contributed by atoms with Crippen LogP contribution in [0.3, 0.4) is 0 Å². The molecule has 0 atom stereocenters. The average Bonchev–Trinajstić information content (AvgIpc) is 2.93. The fourth-order valence-corrected chi connectivity index (χ4v) is 2.73. The molecule has 0 fully saturated rings. The second kappa shape index (κ2) is 6.74. The number of carbonyl (C=O) groups excluding carboxylic acids is 1. The van der Waals surface area contributed by atoms with E-state index in [1.807, 2.05) is 29.0 Å². The normalized spacial score (nSPS) is 10.8. The van der Waals surface area contributed by atoms with Crippen molar-refractivity contribution in [3.05, 3.63) is 60.0 Å². The lowest BCUT2D eigenvalue weighted by atomic mass is 10.1. The predicted molar refractivity (Wildman–Crippen MR) is 90.1 cm³/mol. The van der Waals surface area contributed by atoms with Crippen LogP contribution in [0.2, 0.25) is 0 Å². The van der Waals surface area contributed by atoms with E-state index in [0.717, 1.165) is 22.2 Å². The second-order valence-electron chi connectivity index (χ2n) is 5.37. The van der Waals surface area contributed by atoms with Crippen molar-refractivity contribution in [3.63, 3.8) is 0 Å². The van der Waals surface area contributed by atoms with E-state index in [4.69, 9.17) is 9.47 Å². The molecule has 3 rings (SSSR count). The number of benzene rings is 2. The highest BCUT2D eigenvalue weighted by Gasteiger charge is 2.14. The predicted octanol–water partition coefficient (Wildman–Crippen LogP) is 3.88. The highest BCUT2D eigenvalue weighted by atomic mass is 19.1. The molecule has 0 radical (unpaired) electrons. The number of ether oxygens (including phenoxy) is 2. The Morgan fingerprint density at radius 2 is 1.92 bits per heavy atom. The number of nitrogens with zero attached hydrogens (tertiary/aromatic N) is 1. The van der Waals surface area contributed by atoms with Crippen LogP contribution in [0.25, 0.3) is 16.6 Å². The second-order valence-corrected chi connectivity index (χ2v) is 5.37. The van der Waals surface area contributed by atoms with Gasteiger partial charge in [0.1, 0.15) is 11.6 Å². The number of hydrogen-bond donors (Lipinski definition) is 0. The Bertz CT molecular complexity index is 868. The molecule has 0 aliphatic rings. The first-order valence-electron chi connectivity index (χ1n) is 7.72. The first-order valence-corrected chi connectivity index (χ1v) is 7.72. The van der Waals surface area contributed by atoms with E-state index in [1.54, 1.807) is 26.2 Å². The summed E-state index contributed by atoms with van der Waals surface area (Å²) in [4.78, 5) is 11.9. The molecule has 0 saturated heterocycles. The van der Waals surface area contributed by atoms with Crippen molar-refractivity contribution in [2.75, 3.05) is 13.7 Å². The molecule has 0 aliphatic carbocycles. The highest BCUT2D eigenvalue weighted by Crippen LogP contribution is 2.29. The summed E-state index contributed by atoms with van der Waals surface area (Å²) < 4.78 is 25.5. The van der Waals surface area contributed by atoms with Gasteiger partial charge < -0.3 is 14.0 Å². The summed E-state index contributed by atoms with van der Waals surface area (Å²) in [7, 11) is 1.60. The Kier molecular flexibility index (Phi) is 4.51. The Morgan fingerprint density at radius 1 is 1.17 bits per heavy atom. The Balaban J connectivity index is 2.12. The van der Waals surface area contributed by atoms with Crippen molar-refractivity contribution in [2.24, 2.45) is 0 Å². The van der Waals surface area contributed by atoms with Gasteiger partial charge in [-0.15, -0.1) is 0 Å². The van der Waals surface area contributed by atoms with E-state index in [1.165, 1.54) is 12.1 Å². The molecular weight excluding hydrogens is 309 g/mol. The van der Waals surface area contributed by atoms with Crippen molar-refractivity contribution in [2.45, 2.75) is 13.3 Å². The molecule has 0 aliphatic heterocycles. The van der Waals surface area contributed by atoms with Gasteiger partial charge in [-0.2, -0.15) is 0 Å². The zero-order valence-corrected chi connectivity index (χ0v) is 13.6. The van der Waals surface area contributed by atoms with Crippen molar-refractivity contribution < 1.29 is 18.7 Å². The van der Waals surface area contributed by atoms with E-state index in [0.29, 0.717) is 12.4 Å². The van der Waals surface area contributed by atoms with Crippen molar-refractivity contribution in [1.29, 1.82) is 0 Å². The van der Waals surface area contributed by atoms with Gasteiger partial charge in [-0.25, -0.2) is 4.39 Å². The van der Waals surface area contributed by atoms with E-state index >= 15 is 0 Å². The molecule has 0 bridgehead atoms. The topological polar surface area (TPSA) is 40.5 Å². The Morgan fingerprint density at radius 3 is 2.58 bits per heavy atom. The molecule has 5 heteroatoms. The summed E-state index contributed by atoms with van der Waals surface area (Å²) in [5, 5.41) is 0.909. The summed E-state index contributed by atoms with van der Waals surface area (Å²) in [6, 6.07) is 11.9. The largest absolute Gasteiger partial charge is 0.497 e. The number of fused-ring (bicyclic) bond motifs is 1. The van der Waals surface area contributed by atoms with Gasteiger partial charge in [-0.3, -0.25) is 4.79 Å². The zero-order valence-electron chi connectivity index (χ0n) is 13.6. The SMILES string of the molecule is CCOC(=O)Cc1cn(-c2ccc(F)cc2)c2ccc(OC)cc12. The standard InChI is InChI=1S/C19H18FNO3/c1-3-24-19(22)10-13-12-21(15-6-4-14(20)5-7-15)18-9-8-16(23-2)11-17(13)18/h4-9,11-12H,3,10H2,1-2H3. The number of esters is 1. The van der Waals surface area contributed by atoms with Crippen LogP contribution in [-0.4, -0.2) is 24.3 Å². The zero-order chi connectivity index (χ0) is 17.1. The van der Waals surface area contributed by atoms with Gasteiger partial charge >= 0.3 is 5.97 Å². The quantitative estimate of drug-likeness (QED) is 0.668. The molecule has 124 valence electrons. The minimum Gasteiger partial charge on any atom is -0.497 e. The Hall–Kier alpha value is -2.82. The maximum Gasteiger partial charge on any atom is 0.310 e. The maximum atomic E-state index is 13.2. The maximum absolute atomic E-state index is 13.2. The first kappa shape index (κ1) is 16.1. The number of methoxy groups -OCH3 is 1. The molecule has 24 heavy (non-hydrogen) atoms. The van der Waals surface area contributed by atoms with Gasteiger partial charge in [-0.05, 0) is 55.0 Å². The summed E-state index contributed by atoms with van der Waals surface area (Å²) >= 11 is 0. The third-order valence-electron chi connectivity index (χ3n) is 3.84. The summed E-state index contributed by atoms with van der Waals surface area (Å²) in [6.45, 7) is 2.13. The first-order chi connectivity index (χ1) is 11.6. The molecule has 4 nitrogen and oxygen atoms in total. The van der Waals surface area contributed by atoms with Crippen LogP contribution in [0.15, 0.2) is 48.7 Å². The lowest BCUT2D eigenvalue weighted by molar-refractivity contribution is -0.142.